The molecule has 9 heteroatoms. The Morgan fingerprint density at radius 2 is 1.77 bits per heavy atom. The van der Waals surface area contributed by atoms with Crippen LogP contribution in [0.4, 0.5) is 17.6 Å². The number of halogens is 5. The van der Waals surface area contributed by atoms with Crippen LogP contribution in [-0.2, 0) is 24.1 Å². The molecule has 0 radical (unpaired) electrons. The highest BCUT2D eigenvalue weighted by Crippen LogP contribution is 2.40. The molecule has 1 atom stereocenters. The van der Waals surface area contributed by atoms with E-state index in [2.05, 4.69) is 5.32 Å². The highest BCUT2D eigenvalue weighted by molar-refractivity contribution is 6.31. The van der Waals surface area contributed by atoms with Gasteiger partial charge in [-0.1, -0.05) is 48.0 Å². The molecule has 39 heavy (non-hydrogen) atoms. The zero-order chi connectivity index (χ0) is 27.6. The summed E-state index contributed by atoms with van der Waals surface area (Å²) >= 11 is 5.90. The van der Waals surface area contributed by atoms with E-state index in [1.807, 2.05) is 35.0 Å². The van der Waals surface area contributed by atoms with Crippen LogP contribution in [0.25, 0.3) is 10.9 Å². The van der Waals surface area contributed by atoms with Crippen LogP contribution in [0.15, 0.2) is 95.7 Å². The van der Waals surface area contributed by atoms with Gasteiger partial charge in [0.05, 0.1) is 23.4 Å². The number of nitrogens with one attached hydrogen (secondary N) is 1. The number of hydrogen-bond acceptors (Lipinski definition) is 2. The first-order chi connectivity index (χ1) is 18.7. The van der Waals surface area contributed by atoms with E-state index in [1.165, 1.54) is 30.5 Å². The number of fused-ring (bicyclic) bond motifs is 1. The predicted molar refractivity (Wildman–Crippen MR) is 141 cm³/mol. The van der Waals surface area contributed by atoms with Gasteiger partial charge in [-0.3, -0.25) is 4.79 Å². The van der Waals surface area contributed by atoms with Crippen LogP contribution in [-0.4, -0.2) is 10.5 Å². The van der Waals surface area contributed by atoms with Crippen molar-refractivity contribution in [2.45, 2.75) is 31.6 Å². The molecule has 3 aromatic carbocycles. The Balaban J connectivity index is 1.57. The third-order valence-electron chi connectivity index (χ3n) is 6.59. The summed E-state index contributed by atoms with van der Waals surface area (Å²) in [5.41, 5.74) is 1.73. The highest BCUT2D eigenvalue weighted by Gasteiger charge is 2.34. The molecule has 0 spiro atoms. The van der Waals surface area contributed by atoms with Crippen LogP contribution in [0.1, 0.15) is 40.4 Å². The monoisotopic (exact) mass is 554 g/mol. The first kappa shape index (κ1) is 26.6. The lowest BCUT2D eigenvalue weighted by molar-refractivity contribution is -0.137. The van der Waals surface area contributed by atoms with Gasteiger partial charge in [-0.25, -0.2) is 4.39 Å². The topological polar surface area (TPSA) is 47.2 Å². The van der Waals surface area contributed by atoms with Crippen molar-refractivity contribution in [3.05, 3.63) is 130 Å². The molecule has 1 N–H and O–H groups in total. The van der Waals surface area contributed by atoms with Gasteiger partial charge >= 0.3 is 6.18 Å². The standard InChI is InChI=1S/C30H23ClF4N2O2/c31-27-12-9-20(14-26(27)30(33,34)35)24(15-29(38)36-16-22-4-3-13-39-22)25-18-37(28-6-2-1-5-23(25)28)17-19-7-10-21(32)11-8-19/h1-14,18,24H,15-17H2,(H,36,38). The van der Waals surface area contributed by atoms with Crippen molar-refractivity contribution in [1.29, 1.82) is 0 Å². The summed E-state index contributed by atoms with van der Waals surface area (Å²) in [6.45, 7) is 0.561. The number of para-hydroxylation sites is 1. The molecule has 1 amide bonds. The van der Waals surface area contributed by atoms with Gasteiger partial charge in [-0.2, -0.15) is 13.2 Å². The molecule has 0 aliphatic rings. The number of carbonyl (C=O) groups is 1. The van der Waals surface area contributed by atoms with Crippen molar-refractivity contribution in [3.8, 4) is 0 Å². The van der Waals surface area contributed by atoms with E-state index in [4.69, 9.17) is 16.0 Å². The summed E-state index contributed by atoms with van der Waals surface area (Å²) in [6.07, 6.45) is -1.42. The molecule has 0 aliphatic heterocycles. The lowest BCUT2D eigenvalue weighted by atomic mass is 9.87. The van der Waals surface area contributed by atoms with Crippen molar-refractivity contribution in [2.75, 3.05) is 0 Å². The average molecular weight is 555 g/mol. The molecular formula is C30H23ClF4N2O2. The van der Waals surface area contributed by atoms with Crippen LogP contribution in [0.3, 0.4) is 0 Å². The summed E-state index contributed by atoms with van der Waals surface area (Å²) < 4.78 is 61.9. The van der Waals surface area contributed by atoms with Crippen LogP contribution >= 0.6 is 11.6 Å². The molecule has 2 aromatic heterocycles. The summed E-state index contributed by atoms with van der Waals surface area (Å²) in [7, 11) is 0. The molecule has 0 bridgehead atoms. The number of hydrogen-bond donors (Lipinski definition) is 1. The first-order valence-corrected chi connectivity index (χ1v) is 12.5. The number of aromatic nitrogens is 1. The maximum atomic E-state index is 13.8. The Morgan fingerprint density at radius 3 is 2.49 bits per heavy atom. The normalized spacial score (nSPS) is 12.5. The third kappa shape index (κ3) is 6.01. The average Bonchev–Trinajstić information content (AvgIpc) is 3.56. The second kappa shape index (κ2) is 11.0. The maximum Gasteiger partial charge on any atom is 0.417 e. The number of furan rings is 1. The van der Waals surface area contributed by atoms with E-state index in [0.717, 1.165) is 22.5 Å². The van der Waals surface area contributed by atoms with Gasteiger partial charge in [-0.15, -0.1) is 0 Å². The van der Waals surface area contributed by atoms with Gasteiger partial charge < -0.3 is 14.3 Å². The van der Waals surface area contributed by atoms with E-state index in [9.17, 15) is 22.4 Å². The van der Waals surface area contributed by atoms with Gasteiger partial charge in [0, 0.05) is 36.0 Å². The van der Waals surface area contributed by atoms with E-state index >= 15 is 0 Å². The summed E-state index contributed by atoms with van der Waals surface area (Å²) in [5, 5.41) is 3.17. The van der Waals surface area contributed by atoms with Gasteiger partial charge in [0.1, 0.15) is 11.6 Å². The molecule has 0 fully saturated rings. The zero-order valence-electron chi connectivity index (χ0n) is 20.5. The minimum absolute atomic E-state index is 0.107. The molecule has 5 rings (SSSR count). The van der Waals surface area contributed by atoms with Crippen LogP contribution in [0.2, 0.25) is 5.02 Å². The first-order valence-electron chi connectivity index (χ1n) is 12.2. The molecule has 0 saturated carbocycles. The number of nitrogens with zero attached hydrogens (tertiary/aromatic N) is 1. The van der Waals surface area contributed by atoms with Gasteiger partial charge in [0.2, 0.25) is 5.91 Å². The fourth-order valence-corrected chi connectivity index (χ4v) is 4.94. The smallest absolute Gasteiger partial charge is 0.417 e. The zero-order valence-corrected chi connectivity index (χ0v) is 21.3. The van der Waals surface area contributed by atoms with Crippen molar-refractivity contribution >= 4 is 28.4 Å². The summed E-state index contributed by atoms with van der Waals surface area (Å²) in [5.74, 6) is -0.850. The van der Waals surface area contributed by atoms with Gasteiger partial charge in [-0.05, 0) is 59.2 Å². The molecule has 200 valence electrons. The number of benzene rings is 3. The van der Waals surface area contributed by atoms with Crippen LogP contribution < -0.4 is 5.32 Å². The molecular weight excluding hydrogens is 532 g/mol. The van der Waals surface area contributed by atoms with E-state index in [-0.39, 0.29) is 24.7 Å². The highest BCUT2D eigenvalue weighted by atomic mass is 35.5. The molecule has 4 nitrogen and oxygen atoms in total. The van der Waals surface area contributed by atoms with Crippen molar-refractivity contribution in [3.63, 3.8) is 0 Å². The predicted octanol–water partition coefficient (Wildman–Crippen LogP) is 7.93. The largest absolute Gasteiger partial charge is 0.467 e. The summed E-state index contributed by atoms with van der Waals surface area (Å²) in [6, 6.07) is 20.8. The Hall–Kier alpha value is -4.04. The molecule has 5 aromatic rings. The lowest BCUT2D eigenvalue weighted by Crippen LogP contribution is -2.25. The van der Waals surface area contributed by atoms with Crippen LogP contribution in [0.5, 0.6) is 0 Å². The summed E-state index contributed by atoms with van der Waals surface area (Å²) in [4.78, 5) is 13.1. The SMILES string of the molecule is O=C(CC(c1ccc(Cl)c(C(F)(F)F)c1)c1cn(Cc2ccc(F)cc2)c2ccccc12)NCc1ccco1. The second-order valence-electron chi connectivity index (χ2n) is 9.21. The lowest BCUT2D eigenvalue weighted by Gasteiger charge is -2.19. The Morgan fingerprint density at radius 1 is 1.00 bits per heavy atom. The fourth-order valence-electron chi connectivity index (χ4n) is 4.71. The third-order valence-corrected chi connectivity index (χ3v) is 6.92. The van der Waals surface area contributed by atoms with Crippen molar-refractivity contribution < 1.29 is 26.8 Å². The Labute approximate surface area is 226 Å². The van der Waals surface area contributed by atoms with Gasteiger partial charge in [0.15, 0.2) is 0 Å². The van der Waals surface area contributed by atoms with E-state index in [1.54, 1.807) is 24.3 Å². The van der Waals surface area contributed by atoms with E-state index < -0.39 is 22.7 Å². The number of carbonyl (C=O) groups excluding carboxylic acids is 1. The minimum atomic E-state index is -4.66. The second-order valence-corrected chi connectivity index (χ2v) is 9.61. The number of amides is 1. The maximum absolute atomic E-state index is 13.8. The minimum Gasteiger partial charge on any atom is -0.467 e. The number of rotatable bonds is 8. The molecule has 0 aliphatic carbocycles. The van der Waals surface area contributed by atoms with Crippen LogP contribution in [0, 0.1) is 5.82 Å². The van der Waals surface area contributed by atoms with E-state index in [0.29, 0.717) is 23.4 Å². The Bertz CT molecular complexity index is 1590. The Kier molecular flexibility index (Phi) is 7.48. The molecule has 2 heterocycles. The van der Waals surface area contributed by atoms with Crippen molar-refractivity contribution in [2.24, 2.45) is 0 Å². The quantitative estimate of drug-likeness (QED) is 0.198. The molecule has 0 saturated heterocycles. The fraction of sp³-hybridized carbons (Fsp3) is 0.167. The number of alkyl halides is 3. The van der Waals surface area contributed by atoms with Crippen molar-refractivity contribution in [1.82, 2.24) is 9.88 Å². The molecule has 1 unspecified atom stereocenters. The van der Waals surface area contributed by atoms with Gasteiger partial charge in [0.25, 0.3) is 0 Å².